The van der Waals surface area contributed by atoms with Gasteiger partial charge in [0.2, 0.25) is 5.89 Å². The van der Waals surface area contributed by atoms with Gasteiger partial charge in [0, 0.05) is 25.5 Å². The minimum Gasteiger partial charge on any atom is -0.382 e. The Morgan fingerprint density at radius 2 is 2.17 bits per heavy atom. The van der Waals surface area contributed by atoms with Crippen molar-refractivity contribution in [2.24, 2.45) is 5.73 Å². The van der Waals surface area contributed by atoms with E-state index in [9.17, 15) is 0 Å². The van der Waals surface area contributed by atoms with Crippen LogP contribution in [0.15, 0.2) is 4.52 Å². The average Bonchev–Trinajstić information content (AvgIpc) is 2.74. The molecule has 102 valence electrons. The maximum atomic E-state index is 6.13. The molecule has 1 aromatic rings. The van der Waals surface area contributed by atoms with Gasteiger partial charge >= 0.3 is 0 Å². The van der Waals surface area contributed by atoms with Gasteiger partial charge in [-0.3, -0.25) is 0 Å². The zero-order valence-electron chi connectivity index (χ0n) is 10.9. The summed E-state index contributed by atoms with van der Waals surface area (Å²) in [5, 5.41) is 3.92. The minimum absolute atomic E-state index is 0.112. The Balaban J connectivity index is 1.69. The van der Waals surface area contributed by atoms with Gasteiger partial charge in [-0.2, -0.15) is 4.98 Å². The van der Waals surface area contributed by atoms with E-state index in [0.717, 1.165) is 12.8 Å². The van der Waals surface area contributed by atoms with Gasteiger partial charge in [-0.05, 0) is 19.3 Å². The molecule has 0 amide bonds. The third-order valence-corrected chi connectivity index (χ3v) is 3.26. The molecular weight excluding hydrogens is 234 g/mol. The van der Waals surface area contributed by atoms with Crippen LogP contribution in [0.25, 0.3) is 0 Å². The Labute approximate surface area is 107 Å². The number of methoxy groups -OCH3 is 1. The Morgan fingerprint density at radius 1 is 1.33 bits per heavy atom. The molecule has 1 aliphatic rings. The largest absolute Gasteiger partial charge is 0.382 e. The van der Waals surface area contributed by atoms with Crippen molar-refractivity contribution >= 4 is 0 Å². The molecule has 1 heterocycles. The lowest BCUT2D eigenvalue weighted by atomic mass is 9.75. The van der Waals surface area contributed by atoms with Crippen molar-refractivity contribution in [1.29, 1.82) is 0 Å². The highest BCUT2D eigenvalue weighted by molar-refractivity contribution is 5.00. The number of nitrogens with two attached hydrogens (primary N) is 1. The summed E-state index contributed by atoms with van der Waals surface area (Å²) in [5.74, 6) is 1.33. The van der Waals surface area contributed by atoms with Crippen molar-refractivity contribution in [3.05, 3.63) is 11.7 Å². The van der Waals surface area contributed by atoms with E-state index in [-0.39, 0.29) is 5.54 Å². The van der Waals surface area contributed by atoms with Crippen LogP contribution in [0.4, 0.5) is 0 Å². The minimum atomic E-state index is -0.112. The molecule has 0 bridgehead atoms. The zero-order valence-corrected chi connectivity index (χ0v) is 10.9. The van der Waals surface area contributed by atoms with E-state index >= 15 is 0 Å². The Morgan fingerprint density at radius 3 is 2.83 bits per heavy atom. The summed E-state index contributed by atoms with van der Waals surface area (Å²) in [6.45, 7) is 1.77. The second-order valence-electron chi connectivity index (χ2n) is 4.85. The van der Waals surface area contributed by atoms with Gasteiger partial charge in [0.15, 0.2) is 5.82 Å². The van der Waals surface area contributed by atoms with Gasteiger partial charge in [-0.1, -0.05) is 5.16 Å². The molecule has 0 aliphatic heterocycles. The van der Waals surface area contributed by atoms with Crippen molar-refractivity contribution < 1.29 is 14.0 Å². The maximum absolute atomic E-state index is 6.13. The summed E-state index contributed by atoms with van der Waals surface area (Å²) in [7, 11) is 1.65. The predicted molar refractivity (Wildman–Crippen MR) is 65.2 cm³/mol. The third-order valence-electron chi connectivity index (χ3n) is 3.26. The first-order chi connectivity index (χ1) is 8.72. The molecule has 18 heavy (non-hydrogen) atoms. The molecular formula is C12H21N3O3. The summed E-state index contributed by atoms with van der Waals surface area (Å²) in [4.78, 5) is 4.33. The highest BCUT2D eigenvalue weighted by Gasteiger charge is 2.34. The van der Waals surface area contributed by atoms with E-state index in [1.165, 1.54) is 6.42 Å². The number of ether oxygens (including phenoxy) is 2. The van der Waals surface area contributed by atoms with Crippen LogP contribution >= 0.6 is 0 Å². The molecule has 0 saturated heterocycles. The fourth-order valence-corrected chi connectivity index (χ4v) is 1.98. The van der Waals surface area contributed by atoms with Gasteiger partial charge in [0.05, 0.1) is 19.8 Å². The SMILES string of the molecule is COCCOCCc1noc(CC2(N)CCC2)n1. The first-order valence-electron chi connectivity index (χ1n) is 6.39. The molecule has 0 atom stereocenters. The van der Waals surface area contributed by atoms with E-state index in [1.54, 1.807) is 7.11 Å². The quantitative estimate of drug-likeness (QED) is 0.688. The van der Waals surface area contributed by atoms with Crippen molar-refractivity contribution in [2.75, 3.05) is 26.9 Å². The Kier molecular flexibility index (Phi) is 4.68. The molecule has 0 unspecified atom stereocenters. The van der Waals surface area contributed by atoms with Crippen molar-refractivity contribution in [3.8, 4) is 0 Å². The summed E-state index contributed by atoms with van der Waals surface area (Å²) < 4.78 is 15.4. The molecule has 1 saturated carbocycles. The third kappa shape index (κ3) is 3.76. The number of nitrogens with zero attached hydrogens (tertiary/aromatic N) is 2. The second-order valence-corrected chi connectivity index (χ2v) is 4.85. The molecule has 1 aliphatic carbocycles. The van der Waals surface area contributed by atoms with Crippen LogP contribution < -0.4 is 5.73 Å². The van der Waals surface area contributed by atoms with Gasteiger partial charge in [0.25, 0.3) is 0 Å². The first kappa shape index (κ1) is 13.5. The fourth-order valence-electron chi connectivity index (χ4n) is 1.98. The van der Waals surface area contributed by atoms with Gasteiger partial charge < -0.3 is 19.7 Å². The summed E-state index contributed by atoms with van der Waals surface area (Å²) in [6, 6.07) is 0. The molecule has 1 aromatic heterocycles. The molecule has 0 spiro atoms. The fraction of sp³-hybridized carbons (Fsp3) is 0.833. The zero-order chi connectivity index (χ0) is 12.8. The van der Waals surface area contributed by atoms with E-state index < -0.39 is 0 Å². The lowest BCUT2D eigenvalue weighted by Crippen LogP contribution is -2.48. The second kappa shape index (κ2) is 6.26. The monoisotopic (exact) mass is 255 g/mol. The van der Waals surface area contributed by atoms with E-state index in [4.69, 9.17) is 19.7 Å². The van der Waals surface area contributed by atoms with Crippen LogP contribution in [0, 0.1) is 0 Å². The van der Waals surface area contributed by atoms with Crippen LogP contribution in [-0.4, -0.2) is 42.6 Å². The van der Waals surface area contributed by atoms with Crippen LogP contribution in [-0.2, 0) is 22.3 Å². The van der Waals surface area contributed by atoms with Gasteiger partial charge in [0.1, 0.15) is 0 Å². The van der Waals surface area contributed by atoms with Crippen LogP contribution in [0.3, 0.4) is 0 Å². The molecule has 2 N–H and O–H groups in total. The van der Waals surface area contributed by atoms with Crippen LogP contribution in [0.2, 0.25) is 0 Å². The maximum Gasteiger partial charge on any atom is 0.228 e. The molecule has 1 fully saturated rings. The summed E-state index contributed by atoms with van der Waals surface area (Å²) >= 11 is 0. The highest BCUT2D eigenvalue weighted by atomic mass is 16.5. The Bertz CT molecular complexity index is 363. The molecule has 2 rings (SSSR count). The number of aromatic nitrogens is 2. The first-order valence-corrected chi connectivity index (χ1v) is 6.39. The molecule has 0 aromatic carbocycles. The van der Waals surface area contributed by atoms with Crippen molar-refractivity contribution in [3.63, 3.8) is 0 Å². The highest BCUT2D eigenvalue weighted by Crippen LogP contribution is 2.31. The standard InChI is InChI=1S/C12H21N3O3/c1-16-7-8-17-6-3-10-14-11(18-15-10)9-12(13)4-2-5-12/h2-9,13H2,1H3. The van der Waals surface area contributed by atoms with Crippen LogP contribution in [0.1, 0.15) is 31.0 Å². The molecule has 6 nitrogen and oxygen atoms in total. The van der Waals surface area contributed by atoms with Gasteiger partial charge in [-0.25, -0.2) is 0 Å². The summed E-state index contributed by atoms with van der Waals surface area (Å²) in [5.41, 5.74) is 6.02. The number of hydrogen-bond acceptors (Lipinski definition) is 6. The molecule has 0 radical (unpaired) electrons. The van der Waals surface area contributed by atoms with Gasteiger partial charge in [-0.15, -0.1) is 0 Å². The number of hydrogen-bond donors (Lipinski definition) is 1. The topological polar surface area (TPSA) is 83.4 Å². The van der Waals surface area contributed by atoms with Crippen molar-refractivity contribution in [2.45, 2.75) is 37.6 Å². The van der Waals surface area contributed by atoms with E-state index in [2.05, 4.69) is 10.1 Å². The van der Waals surface area contributed by atoms with Crippen LogP contribution in [0.5, 0.6) is 0 Å². The Hall–Kier alpha value is -0.980. The number of rotatable bonds is 8. The predicted octanol–water partition coefficient (Wildman–Crippen LogP) is 0.699. The molecule has 6 heteroatoms. The average molecular weight is 255 g/mol. The van der Waals surface area contributed by atoms with E-state index in [1.807, 2.05) is 0 Å². The lowest BCUT2D eigenvalue weighted by Gasteiger charge is -2.36. The van der Waals surface area contributed by atoms with E-state index in [0.29, 0.717) is 44.4 Å². The lowest BCUT2D eigenvalue weighted by molar-refractivity contribution is 0.0714. The van der Waals surface area contributed by atoms with Crippen molar-refractivity contribution in [1.82, 2.24) is 10.1 Å². The normalized spacial score (nSPS) is 17.7. The summed E-state index contributed by atoms with van der Waals surface area (Å²) in [6.07, 6.45) is 4.63. The smallest absolute Gasteiger partial charge is 0.228 e.